The number of carbonyl (C=O) groups excluding carboxylic acids is 1. The predicted octanol–water partition coefficient (Wildman–Crippen LogP) is 1.41. The molecule has 0 aliphatic carbocycles. The van der Waals surface area contributed by atoms with Crippen molar-refractivity contribution in [3.8, 4) is 0 Å². The van der Waals surface area contributed by atoms with Gasteiger partial charge >= 0.3 is 0 Å². The van der Waals surface area contributed by atoms with E-state index in [0.717, 1.165) is 50.4 Å². The van der Waals surface area contributed by atoms with Crippen LogP contribution in [0.5, 0.6) is 0 Å². The van der Waals surface area contributed by atoms with Crippen molar-refractivity contribution in [1.82, 2.24) is 14.5 Å². The van der Waals surface area contributed by atoms with Crippen LogP contribution in [0, 0.1) is 5.41 Å². The van der Waals surface area contributed by atoms with Gasteiger partial charge in [-0.05, 0) is 37.3 Å². The first kappa shape index (κ1) is 21.0. The topological polar surface area (TPSA) is 79.0 Å². The second-order valence-corrected chi connectivity index (χ2v) is 10.5. The first-order chi connectivity index (χ1) is 12.5. The van der Waals surface area contributed by atoms with Crippen molar-refractivity contribution in [3.63, 3.8) is 0 Å². The molecule has 10 heteroatoms. The summed E-state index contributed by atoms with van der Waals surface area (Å²) in [6.07, 6.45) is 3.24. The Labute approximate surface area is 170 Å². The molecule has 3 aliphatic rings. The summed E-state index contributed by atoms with van der Waals surface area (Å²) < 4.78 is 32.3. The lowest BCUT2D eigenvalue weighted by Crippen LogP contribution is -2.44. The van der Waals surface area contributed by atoms with Gasteiger partial charge in [0.05, 0.1) is 18.8 Å². The van der Waals surface area contributed by atoms with Crippen LogP contribution in [-0.4, -0.2) is 76.0 Å². The van der Waals surface area contributed by atoms with Crippen LogP contribution < -0.4 is 5.32 Å². The number of nitrogens with one attached hydrogen (secondary N) is 1. The third-order valence-corrected chi connectivity index (χ3v) is 9.14. The Bertz CT molecular complexity index is 761. The number of hydrogen-bond acceptors (Lipinski definition) is 6. The Morgan fingerprint density at radius 2 is 1.85 bits per heavy atom. The second-order valence-electron chi connectivity index (χ2n) is 7.39. The van der Waals surface area contributed by atoms with Gasteiger partial charge in [-0.2, -0.15) is 4.31 Å². The first-order valence-electron chi connectivity index (χ1n) is 9.17. The Morgan fingerprint density at radius 1 is 1.15 bits per heavy atom. The first-order valence-corrected chi connectivity index (χ1v) is 11.5. The van der Waals surface area contributed by atoms with Gasteiger partial charge in [-0.15, -0.1) is 23.7 Å². The van der Waals surface area contributed by atoms with Crippen molar-refractivity contribution in [2.24, 2.45) is 5.41 Å². The third-order valence-electron chi connectivity index (χ3n) is 5.83. The number of sulfonamides is 1. The Hall–Kier alpha value is -0.710. The van der Waals surface area contributed by atoms with Crippen LogP contribution in [0.2, 0.25) is 0 Å². The average molecular weight is 436 g/mol. The smallest absolute Gasteiger partial charge is 0.254 e. The van der Waals surface area contributed by atoms with E-state index in [1.54, 1.807) is 11.4 Å². The molecule has 27 heavy (non-hydrogen) atoms. The van der Waals surface area contributed by atoms with E-state index in [-0.39, 0.29) is 22.5 Å². The normalized spacial score (nSPS) is 23.3. The van der Waals surface area contributed by atoms with Crippen LogP contribution in [0.4, 0.5) is 0 Å². The number of likely N-dealkylation sites (tertiary alicyclic amines) is 1. The van der Waals surface area contributed by atoms with Crippen molar-refractivity contribution in [2.45, 2.75) is 23.5 Å². The zero-order valence-corrected chi connectivity index (χ0v) is 17.6. The van der Waals surface area contributed by atoms with Crippen molar-refractivity contribution in [1.29, 1.82) is 0 Å². The van der Waals surface area contributed by atoms with Crippen LogP contribution in [0.15, 0.2) is 15.7 Å². The molecule has 1 aromatic rings. The molecule has 1 spiro atoms. The van der Waals surface area contributed by atoms with E-state index in [1.807, 2.05) is 4.90 Å². The summed E-state index contributed by atoms with van der Waals surface area (Å²) in [5.41, 5.74) is 0.846. The van der Waals surface area contributed by atoms with Gasteiger partial charge in [0.15, 0.2) is 0 Å². The number of amides is 1. The minimum absolute atomic E-state index is 0. The number of nitrogens with zero attached hydrogens (tertiary/aromatic N) is 2. The predicted molar refractivity (Wildman–Crippen MR) is 106 cm³/mol. The summed E-state index contributed by atoms with van der Waals surface area (Å²) in [5.74, 6) is -0.0505. The highest BCUT2D eigenvalue weighted by molar-refractivity contribution is 7.91. The molecular weight excluding hydrogens is 410 g/mol. The van der Waals surface area contributed by atoms with Crippen molar-refractivity contribution >= 4 is 39.7 Å². The summed E-state index contributed by atoms with van der Waals surface area (Å²) in [6, 6.07) is 1.54. The summed E-state index contributed by atoms with van der Waals surface area (Å²) >= 11 is 1.13. The van der Waals surface area contributed by atoms with Gasteiger partial charge < -0.3 is 15.0 Å². The molecule has 1 amide bonds. The number of morpholine rings is 1. The highest BCUT2D eigenvalue weighted by atomic mass is 35.5. The maximum Gasteiger partial charge on any atom is 0.254 e. The lowest BCUT2D eigenvalue weighted by atomic mass is 9.78. The standard InChI is InChI=1S/C17H25N3O4S2.ClH/c21-16(19-5-2-17(3-6-19)1-4-18-13-17)14-11-15(25-12-14)26(22,23)20-7-9-24-10-8-20;/h11-12,18H,1-10,13H2;1H. The van der Waals surface area contributed by atoms with Crippen LogP contribution in [0.25, 0.3) is 0 Å². The van der Waals surface area contributed by atoms with Gasteiger partial charge in [-0.25, -0.2) is 8.42 Å². The Kier molecular flexibility index (Phi) is 6.49. The van der Waals surface area contributed by atoms with Crippen LogP contribution in [0.3, 0.4) is 0 Å². The van der Waals surface area contributed by atoms with Crippen LogP contribution in [-0.2, 0) is 14.8 Å². The quantitative estimate of drug-likeness (QED) is 0.776. The van der Waals surface area contributed by atoms with Crippen LogP contribution >= 0.6 is 23.7 Å². The number of thiophene rings is 1. The Balaban J connectivity index is 0.00000210. The zero-order valence-electron chi connectivity index (χ0n) is 15.2. The molecule has 152 valence electrons. The molecule has 1 N–H and O–H groups in total. The largest absolute Gasteiger partial charge is 0.379 e. The number of halogens is 1. The van der Waals surface area contributed by atoms with Crippen molar-refractivity contribution in [2.75, 3.05) is 52.5 Å². The number of carbonyl (C=O) groups is 1. The lowest BCUT2D eigenvalue weighted by molar-refractivity contribution is 0.0608. The molecule has 1 aromatic heterocycles. The molecule has 3 saturated heterocycles. The van der Waals surface area contributed by atoms with E-state index >= 15 is 0 Å². The molecule has 7 nitrogen and oxygen atoms in total. The van der Waals surface area contributed by atoms with Gasteiger partial charge in [0.1, 0.15) is 4.21 Å². The highest BCUT2D eigenvalue weighted by Gasteiger charge is 2.38. The number of hydrogen-bond donors (Lipinski definition) is 1. The van der Waals surface area contributed by atoms with E-state index in [9.17, 15) is 13.2 Å². The Morgan fingerprint density at radius 3 is 2.48 bits per heavy atom. The summed E-state index contributed by atoms with van der Waals surface area (Å²) in [5, 5.41) is 5.11. The molecule has 0 atom stereocenters. The fourth-order valence-electron chi connectivity index (χ4n) is 4.07. The number of ether oxygens (including phenoxy) is 1. The molecule has 3 aliphatic heterocycles. The van der Waals surface area contributed by atoms with Gasteiger partial charge in [0, 0.05) is 38.1 Å². The van der Waals surface area contributed by atoms with Gasteiger partial charge in [-0.1, -0.05) is 0 Å². The highest BCUT2D eigenvalue weighted by Crippen LogP contribution is 2.37. The van der Waals surface area contributed by atoms with Crippen molar-refractivity contribution < 1.29 is 17.9 Å². The molecule has 3 fully saturated rings. The maximum absolute atomic E-state index is 12.8. The summed E-state index contributed by atoms with van der Waals surface area (Å²) in [7, 11) is -3.53. The van der Waals surface area contributed by atoms with Gasteiger partial charge in [0.2, 0.25) is 0 Å². The fraction of sp³-hybridized carbons (Fsp3) is 0.706. The number of rotatable bonds is 3. The maximum atomic E-state index is 12.8. The lowest BCUT2D eigenvalue weighted by Gasteiger charge is -2.38. The van der Waals surface area contributed by atoms with Gasteiger partial charge in [-0.3, -0.25) is 4.79 Å². The van der Waals surface area contributed by atoms with E-state index in [4.69, 9.17) is 4.74 Å². The molecule has 4 heterocycles. The SMILES string of the molecule is Cl.O=C(c1csc(S(=O)(=O)N2CCOCC2)c1)N1CCC2(CCNC2)CC1. The van der Waals surface area contributed by atoms with Crippen molar-refractivity contribution in [3.05, 3.63) is 17.0 Å². The molecule has 0 bridgehead atoms. The minimum Gasteiger partial charge on any atom is -0.379 e. The molecule has 4 rings (SSSR count). The van der Waals surface area contributed by atoms with E-state index < -0.39 is 10.0 Å². The van der Waals surface area contributed by atoms with E-state index in [1.165, 1.54) is 10.7 Å². The van der Waals surface area contributed by atoms with E-state index in [0.29, 0.717) is 37.3 Å². The molecular formula is C17H26ClN3O4S2. The van der Waals surface area contributed by atoms with Crippen LogP contribution in [0.1, 0.15) is 29.6 Å². The monoisotopic (exact) mass is 435 g/mol. The average Bonchev–Trinajstić information content (AvgIpc) is 3.33. The summed E-state index contributed by atoms with van der Waals surface area (Å²) in [6.45, 7) is 5.19. The third kappa shape index (κ3) is 4.18. The molecule has 0 saturated carbocycles. The van der Waals surface area contributed by atoms with E-state index in [2.05, 4.69) is 5.32 Å². The molecule has 0 unspecified atom stereocenters. The number of piperidine rings is 1. The molecule has 0 aromatic carbocycles. The summed E-state index contributed by atoms with van der Waals surface area (Å²) in [4.78, 5) is 14.7. The zero-order chi connectivity index (χ0) is 18.2. The second kappa shape index (κ2) is 8.34. The molecule has 0 radical (unpaired) electrons. The fourth-order valence-corrected chi connectivity index (χ4v) is 6.78. The van der Waals surface area contributed by atoms with Gasteiger partial charge in [0.25, 0.3) is 15.9 Å². The minimum atomic E-state index is -3.53.